The first-order valence-corrected chi connectivity index (χ1v) is 5.94. The van der Waals surface area contributed by atoms with Gasteiger partial charge in [0.1, 0.15) is 5.52 Å². The minimum Gasteiger partial charge on any atom is -0.436 e. The van der Waals surface area contributed by atoms with Crippen molar-refractivity contribution in [2.45, 2.75) is 6.92 Å². The second-order valence-corrected chi connectivity index (χ2v) is 4.33. The number of rotatable bonds is 3. The summed E-state index contributed by atoms with van der Waals surface area (Å²) in [7, 11) is 0. The third kappa shape index (κ3) is 2.20. The summed E-state index contributed by atoms with van der Waals surface area (Å²) in [6.45, 7) is 2.02. The van der Waals surface area contributed by atoms with Crippen LogP contribution in [-0.2, 0) is 4.79 Å². The van der Waals surface area contributed by atoms with Crippen molar-refractivity contribution in [3.05, 3.63) is 48.0 Å². The molecule has 1 N–H and O–H groups in total. The predicted molar refractivity (Wildman–Crippen MR) is 73.9 cm³/mol. The Balaban J connectivity index is 2.08. The molecule has 3 rings (SSSR count). The van der Waals surface area contributed by atoms with Gasteiger partial charge >= 0.3 is 0 Å². The number of oxazole rings is 1. The van der Waals surface area contributed by atoms with E-state index in [1.54, 1.807) is 0 Å². The number of aryl methyl sites for hydroxylation is 1. The predicted octanol–water partition coefficient (Wildman–Crippen LogP) is 3.37. The van der Waals surface area contributed by atoms with Gasteiger partial charge in [-0.05, 0) is 42.8 Å². The van der Waals surface area contributed by atoms with E-state index in [1.165, 1.54) is 0 Å². The minimum atomic E-state index is 0.551. The van der Waals surface area contributed by atoms with Crippen LogP contribution in [0, 0.1) is 6.92 Å². The lowest BCUT2D eigenvalue weighted by Gasteiger charge is -1.99. The van der Waals surface area contributed by atoms with Crippen molar-refractivity contribution in [3.8, 4) is 11.5 Å². The Morgan fingerprint density at radius 2 is 2.11 bits per heavy atom. The molecule has 1 heterocycles. The van der Waals surface area contributed by atoms with Crippen LogP contribution in [-0.4, -0.2) is 11.4 Å². The standard InChI is InChI=1S/C15H12N2O2/c1-10-5-6-14-13(7-10)17-15(19-14)11-3-2-4-12(8-11)16-9-18/h2-9H,1H3,(H,16,18). The first-order chi connectivity index (χ1) is 9.26. The van der Waals surface area contributed by atoms with E-state index < -0.39 is 0 Å². The zero-order valence-electron chi connectivity index (χ0n) is 10.4. The molecule has 19 heavy (non-hydrogen) atoms. The van der Waals surface area contributed by atoms with Gasteiger partial charge in [0.25, 0.3) is 0 Å². The monoisotopic (exact) mass is 252 g/mol. The van der Waals surface area contributed by atoms with Gasteiger partial charge in [-0.15, -0.1) is 0 Å². The van der Waals surface area contributed by atoms with Crippen LogP contribution < -0.4 is 5.32 Å². The van der Waals surface area contributed by atoms with E-state index in [0.29, 0.717) is 18.0 Å². The summed E-state index contributed by atoms with van der Waals surface area (Å²) < 4.78 is 5.71. The molecule has 0 fully saturated rings. The van der Waals surface area contributed by atoms with Crippen LogP contribution in [0.5, 0.6) is 0 Å². The summed E-state index contributed by atoms with van der Waals surface area (Å²) in [4.78, 5) is 14.9. The summed E-state index contributed by atoms with van der Waals surface area (Å²) in [6.07, 6.45) is 0.647. The Kier molecular flexibility index (Phi) is 2.76. The van der Waals surface area contributed by atoms with Crippen LogP contribution >= 0.6 is 0 Å². The summed E-state index contributed by atoms with van der Waals surface area (Å²) in [5.74, 6) is 0.551. The third-order valence-electron chi connectivity index (χ3n) is 2.88. The van der Waals surface area contributed by atoms with Gasteiger partial charge in [-0.3, -0.25) is 4.79 Å². The summed E-state index contributed by atoms with van der Waals surface area (Å²) in [5, 5.41) is 2.61. The van der Waals surface area contributed by atoms with Gasteiger partial charge < -0.3 is 9.73 Å². The van der Waals surface area contributed by atoms with Crippen molar-refractivity contribution >= 4 is 23.2 Å². The van der Waals surface area contributed by atoms with Crippen LogP contribution in [0.1, 0.15) is 5.56 Å². The Labute approximate surface area is 110 Å². The fourth-order valence-electron chi connectivity index (χ4n) is 1.97. The number of anilines is 1. The van der Waals surface area contributed by atoms with E-state index in [9.17, 15) is 4.79 Å². The van der Waals surface area contributed by atoms with Gasteiger partial charge in [-0.2, -0.15) is 0 Å². The van der Waals surface area contributed by atoms with Crippen molar-refractivity contribution in [2.75, 3.05) is 5.32 Å². The van der Waals surface area contributed by atoms with E-state index in [1.807, 2.05) is 49.4 Å². The number of carbonyl (C=O) groups excluding carboxylic acids is 1. The van der Waals surface area contributed by atoms with Crippen LogP contribution in [0.2, 0.25) is 0 Å². The van der Waals surface area contributed by atoms with E-state index in [2.05, 4.69) is 10.3 Å². The Hall–Kier alpha value is -2.62. The molecule has 2 aromatic carbocycles. The highest BCUT2D eigenvalue weighted by Crippen LogP contribution is 2.26. The average Bonchev–Trinajstić information content (AvgIpc) is 2.82. The number of benzene rings is 2. The molecule has 1 aromatic heterocycles. The van der Waals surface area contributed by atoms with Gasteiger partial charge in [0.2, 0.25) is 12.3 Å². The van der Waals surface area contributed by atoms with Crippen LogP contribution in [0.25, 0.3) is 22.6 Å². The molecule has 1 amide bonds. The highest BCUT2D eigenvalue weighted by Gasteiger charge is 2.08. The van der Waals surface area contributed by atoms with E-state index in [4.69, 9.17) is 4.42 Å². The van der Waals surface area contributed by atoms with Gasteiger partial charge in [0.05, 0.1) is 0 Å². The quantitative estimate of drug-likeness (QED) is 0.727. The number of amides is 1. The van der Waals surface area contributed by atoms with Gasteiger partial charge in [-0.1, -0.05) is 12.1 Å². The normalized spacial score (nSPS) is 10.6. The van der Waals surface area contributed by atoms with Crippen LogP contribution in [0.15, 0.2) is 46.9 Å². The Morgan fingerprint density at radius 3 is 2.95 bits per heavy atom. The number of carbonyl (C=O) groups is 1. The summed E-state index contributed by atoms with van der Waals surface area (Å²) >= 11 is 0. The molecule has 0 aliphatic rings. The molecule has 0 atom stereocenters. The molecule has 94 valence electrons. The second-order valence-electron chi connectivity index (χ2n) is 4.33. The second kappa shape index (κ2) is 4.57. The molecule has 0 bridgehead atoms. The molecule has 0 radical (unpaired) electrons. The maximum atomic E-state index is 10.5. The minimum absolute atomic E-state index is 0.551. The van der Waals surface area contributed by atoms with Crippen molar-refractivity contribution in [2.24, 2.45) is 0 Å². The number of aromatic nitrogens is 1. The maximum absolute atomic E-state index is 10.5. The Morgan fingerprint density at radius 1 is 1.21 bits per heavy atom. The molecule has 4 nitrogen and oxygen atoms in total. The van der Waals surface area contributed by atoms with Crippen molar-refractivity contribution in [1.82, 2.24) is 4.98 Å². The zero-order chi connectivity index (χ0) is 13.2. The average molecular weight is 252 g/mol. The fraction of sp³-hybridized carbons (Fsp3) is 0.0667. The van der Waals surface area contributed by atoms with E-state index >= 15 is 0 Å². The molecule has 0 aliphatic heterocycles. The maximum Gasteiger partial charge on any atom is 0.227 e. The highest BCUT2D eigenvalue weighted by molar-refractivity contribution is 5.78. The molecule has 0 spiro atoms. The van der Waals surface area contributed by atoms with E-state index in [-0.39, 0.29) is 0 Å². The van der Waals surface area contributed by atoms with E-state index in [0.717, 1.165) is 22.2 Å². The molecule has 4 heteroatoms. The lowest BCUT2D eigenvalue weighted by molar-refractivity contribution is -0.105. The number of hydrogen-bond acceptors (Lipinski definition) is 3. The molecular formula is C15H12N2O2. The number of nitrogens with one attached hydrogen (secondary N) is 1. The molecule has 0 aliphatic carbocycles. The van der Waals surface area contributed by atoms with Crippen molar-refractivity contribution in [1.29, 1.82) is 0 Å². The number of hydrogen-bond donors (Lipinski definition) is 1. The highest BCUT2D eigenvalue weighted by atomic mass is 16.3. The molecular weight excluding hydrogens is 240 g/mol. The first-order valence-electron chi connectivity index (χ1n) is 5.94. The zero-order valence-corrected chi connectivity index (χ0v) is 10.4. The van der Waals surface area contributed by atoms with Crippen LogP contribution in [0.4, 0.5) is 5.69 Å². The van der Waals surface area contributed by atoms with Crippen LogP contribution in [0.3, 0.4) is 0 Å². The molecule has 0 saturated heterocycles. The number of nitrogens with zero attached hydrogens (tertiary/aromatic N) is 1. The third-order valence-corrected chi connectivity index (χ3v) is 2.88. The number of fused-ring (bicyclic) bond motifs is 1. The summed E-state index contributed by atoms with van der Waals surface area (Å²) in [6, 6.07) is 13.3. The van der Waals surface area contributed by atoms with Crippen molar-refractivity contribution < 1.29 is 9.21 Å². The Bertz CT molecular complexity index is 747. The van der Waals surface area contributed by atoms with Gasteiger partial charge in [-0.25, -0.2) is 4.98 Å². The lowest BCUT2D eigenvalue weighted by atomic mass is 10.2. The topological polar surface area (TPSA) is 55.1 Å². The summed E-state index contributed by atoms with van der Waals surface area (Å²) in [5.41, 5.74) is 4.29. The smallest absolute Gasteiger partial charge is 0.227 e. The molecule has 0 saturated carbocycles. The first kappa shape index (κ1) is 11.5. The molecule has 3 aromatic rings. The van der Waals surface area contributed by atoms with Gasteiger partial charge in [0.15, 0.2) is 5.58 Å². The SMILES string of the molecule is Cc1ccc2oc(-c3cccc(NC=O)c3)nc2c1. The fourth-order valence-corrected chi connectivity index (χ4v) is 1.97. The van der Waals surface area contributed by atoms with Gasteiger partial charge in [0, 0.05) is 11.3 Å². The van der Waals surface area contributed by atoms with Crippen molar-refractivity contribution in [3.63, 3.8) is 0 Å². The lowest BCUT2D eigenvalue weighted by Crippen LogP contribution is -1.93. The largest absolute Gasteiger partial charge is 0.436 e. The molecule has 0 unspecified atom stereocenters.